The molecule has 4 nitrogen and oxygen atoms in total. The van der Waals surface area contributed by atoms with Crippen LogP contribution < -0.4 is 11.1 Å². The summed E-state index contributed by atoms with van der Waals surface area (Å²) >= 11 is 0. The van der Waals surface area contributed by atoms with Crippen LogP contribution in [0.1, 0.15) is 19.8 Å². The van der Waals surface area contributed by atoms with E-state index in [1.54, 1.807) is 0 Å². The molecule has 0 amide bonds. The molecular weight excluding hydrogens is 156 g/mol. The number of hydrogen-bond donors (Lipinski definition) is 3. The largest absolute Gasteiger partial charge is 0.480 e. The lowest BCUT2D eigenvalue weighted by molar-refractivity contribution is -0.145. The van der Waals surface area contributed by atoms with Crippen molar-refractivity contribution in [3.8, 4) is 0 Å². The molecule has 0 bridgehead atoms. The summed E-state index contributed by atoms with van der Waals surface area (Å²) in [7, 11) is 0. The zero-order valence-corrected chi connectivity index (χ0v) is 7.34. The molecule has 2 unspecified atom stereocenters. The maximum absolute atomic E-state index is 10.9. The summed E-state index contributed by atoms with van der Waals surface area (Å²) in [6, 6.07) is 0. The van der Waals surface area contributed by atoms with Gasteiger partial charge in [0, 0.05) is 12.5 Å². The van der Waals surface area contributed by atoms with Gasteiger partial charge in [-0.15, -0.1) is 0 Å². The van der Waals surface area contributed by atoms with Crippen LogP contribution in [0, 0.1) is 5.92 Å². The summed E-state index contributed by atoms with van der Waals surface area (Å²) in [5.41, 5.74) is 4.78. The Bertz CT molecular complexity index is 178. The SMILES string of the molecule is CCC(N)(C(=O)O)C1CCNC1. The highest BCUT2D eigenvalue weighted by Gasteiger charge is 2.41. The zero-order valence-electron chi connectivity index (χ0n) is 7.34. The van der Waals surface area contributed by atoms with Crippen LogP contribution in [0.4, 0.5) is 0 Å². The van der Waals surface area contributed by atoms with Gasteiger partial charge >= 0.3 is 5.97 Å². The van der Waals surface area contributed by atoms with Crippen molar-refractivity contribution in [2.24, 2.45) is 11.7 Å². The van der Waals surface area contributed by atoms with E-state index in [0.717, 1.165) is 19.5 Å². The second-order valence-corrected chi connectivity index (χ2v) is 3.39. The van der Waals surface area contributed by atoms with Gasteiger partial charge in [0.15, 0.2) is 0 Å². The van der Waals surface area contributed by atoms with Gasteiger partial charge in [-0.1, -0.05) is 6.92 Å². The summed E-state index contributed by atoms with van der Waals surface area (Å²) in [5.74, 6) is -0.793. The number of carboxylic acid groups (broad SMARTS) is 1. The highest BCUT2D eigenvalue weighted by Crippen LogP contribution is 2.24. The van der Waals surface area contributed by atoms with Crippen molar-refractivity contribution in [2.75, 3.05) is 13.1 Å². The Morgan fingerprint density at radius 1 is 1.83 bits per heavy atom. The lowest BCUT2D eigenvalue weighted by Crippen LogP contribution is -2.54. The van der Waals surface area contributed by atoms with E-state index in [0.29, 0.717) is 6.42 Å². The van der Waals surface area contributed by atoms with Crippen molar-refractivity contribution < 1.29 is 9.90 Å². The average Bonchev–Trinajstić information content (AvgIpc) is 2.54. The van der Waals surface area contributed by atoms with Crippen LogP contribution in [0.15, 0.2) is 0 Å². The number of hydrogen-bond acceptors (Lipinski definition) is 3. The van der Waals surface area contributed by atoms with Gasteiger partial charge in [-0.2, -0.15) is 0 Å². The van der Waals surface area contributed by atoms with Gasteiger partial charge in [-0.3, -0.25) is 4.79 Å². The molecule has 0 aromatic rings. The van der Waals surface area contributed by atoms with E-state index in [9.17, 15) is 4.79 Å². The highest BCUT2D eigenvalue weighted by molar-refractivity contribution is 5.79. The zero-order chi connectivity index (χ0) is 9.19. The Labute approximate surface area is 72.1 Å². The van der Waals surface area contributed by atoms with Crippen molar-refractivity contribution in [3.05, 3.63) is 0 Å². The molecule has 70 valence electrons. The second kappa shape index (κ2) is 3.41. The number of aliphatic carboxylic acids is 1. The molecular formula is C8H16N2O2. The van der Waals surface area contributed by atoms with Crippen LogP contribution in [0.5, 0.6) is 0 Å². The third kappa shape index (κ3) is 1.44. The number of rotatable bonds is 3. The predicted molar refractivity (Wildman–Crippen MR) is 45.8 cm³/mol. The lowest BCUT2D eigenvalue weighted by Gasteiger charge is -2.29. The fourth-order valence-electron chi connectivity index (χ4n) is 1.71. The second-order valence-electron chi connectivity index (χ2n) is 3.39. The average molecular weight is 172 g/mol. The minimum atomic E-state index is -1.02. The van der Waals surface area contributed by atoms with Crippen LogP contribution >= 0.6 is 0 Å². The maximum atomic E-state index is 10.9. The van der Waals surface area contributed by atoms with Crippen LogP contribution in [-0.2, 0) is 4.79 Å². The first-order valence-corrected chi connectivity index (χ1v) is 4.34. The third-order valence-corrected chi connectivity index (χ3v) is 2.77. The Morgan fingerprint density at radius 2 is 2.50 bits per heavy atom. The monoisotopic (exact) mass is 172 g/mol. The molecule has 1 rings (SSSR count). The van der Waals surface area contributed by atoms with Crippen molar-refractivity contribution in [3.63, 3.8) is 0 Å². The lowest BCUT2D eigenvalue weighted by atomic mass is 9.82. The van der Waals surface area contributed by atoms with Gasteiger partial charge in [0.1, 0.15) is 5.54 Å². The van der Waals surface area contributed by atoms with E-state index in [1.165, 1.54) is 0 Å². The normalized spacial score (nSPS) is 28.3. The molecule has 0 saturated carbocycles. The first-order valence-electron chi connectivity index (χ1n) is 4.34. The van der Waals surface area contributed by atoms with Gasteiger partial charge in [-0.25, -0.2) is 0 Å². The third-order valence-electron chi connectivity index (χ3n) is 2.77. The molecule has 4 heteroatoms. The van der Waals surface area contributed by atoms with Crippen molar-refractivity contribution in [1.82, 2.24) is 5.32 Å². The smallest absolute Gasteiger partial charge is 0.324 e. The molecule has 2 atom stereocenters. The molecule has 4 N–H and O–H groups in total. The van der Waals surface area contributed by atoms with Crippen LogP contribution in [-0.4, -0.2) is 29.7 Å². The van der Waals surface area contributed by atoms with Crippen molar-refractivity contribution >= 4 is 5.97 Å². The standard InChI is InChI=1S/C8H16N2O2/c1-2-8(9,7(11)12)6-3-4-10-5-6/h6,10H,2-5,9H2,1H3,(H,11,12). The van der Waals surface area contributed by atoms with Gasteiger partial charge in [0.25, 0.3) is 0 Å². The summed E-state index contributed by atoms with van der Waals surface area (Å²) in [4.78, 5) is 10.9. The number of carboxylic acids is 1. The molecule has 0 aromatic heterocycles. The van der Waals surface area contributed by atoms with Crippen LogP contribution in [0.25, 0.3) is 0 Å². The Hall–Kier alpha value is -0.610. The van der Waals surface area contributed by atoms with Crippen molar-refractivity contribution in [1.29, 1.82) is 0 Å². The molecule has 1 aliphatic rings. The Balaban J connectivity index is 2.70. The molecule has 1 heterocycles. The first kappa shape index (κ1) is 9.48. The highest BCUT2D eigenvalue weighted by atomic mass is 16.4. The molecule has 1 fully saturated rings. The van der Waals surface area contributed by atoms with E-state index in [2.05, 4.69) is 5.32 Å². The minimum Gasteiger partial charge on any atom is -0.480 e. The summed E-state index contributed by atoms with van der Waals surface area (Å²) in [6.07, 6.45) is 1.37. The van der Waals surface area contributed by atoms with Crippen molar-refractivity contribution in [2.45, 2.75) is 25.3 Å². The minimum absolute atomic E-state index is 0.0833. The quantitative estimate of drug-likeness (QED) is 0.550. The van der Waals surface area contributed by atoms with Gasteiger partial charge in [0.05, 0.1) is 0 Å². The fraction of sp³-hybridized carbons (Fsp3) is 0.875. The van der Waals surface area contributed by atoms with E-state index in [-0.39, 0.29) is 5.92 Å². The number of nitrogens with one attached hydrogen (secondary N) is 1. The number of carbonyl (C=O) groups is 1. The topological polar surface area (TPSA) is 75.4 Å². The molecule has 0 aliphatic carbocycles. The Kier molecular flexibility index (Phi) is 2.69. The maximum Gasteiger partial charge on any atom is 0.324 e. The van der Waals surface area contributed by atoms with E-state index >= 15 is 0 Å². The van der Waals surface area contributed by atoms with Crippen LogP contribution in [0.3, 0.4) is 0 Å². The fourth-order valence-corrected chi connectivity index (χ4v) is 1.71. The van der Waals surface area contributed by atoms with Gasteiger partial charge in [0.2, 0.25) is 0 Å². The van der Waals surface area contributed by atoms with E-state index < -0.39 is 11.5 Å². The van der Waals surface area contributed by atoms with Gasteiger partial charge in [-0.05, 0) is 19.4 Å². The molecule has 1 saturated heterocycles. The molecule has 0 spiro atoms. The molecule has 12 heavy (non-hydrogen) atoms. The number of nitrogens with two attached hydrogens (primary N) is 1. The summed E-state index contributed by atoms with van der Waals surface area (Å²) in [5, 5.41) is 12.1. The van der Waals surface area contributed by atoms with E-state index in [1.807, 2.05) is 6.92 Å². The first-order chi connectivity index (χ1) is 5.61. The molecule has 0 aromatic carbocycles. The van der Waals surface area contributed by atoms with Gasteiger partial charge < -0.3 is 16.2 Å². The van der Waals surface area contributed by atoms with Crippen LogP contribution in [0.2, 0.25) is 0 Å². The van der Waals surface area contributed by atoms with E-state index in [4.69, 9.17) is 10.8 Å². The summed E-state index contributed by atoms with van der Waals surface area (Å²) < 4.78 is 0. The summed E-state index contributed by atoms with van der Waals surface area (Å²) in [6.45, 7) is 3.44. The molecule has 0 radical (unpaired) electrons. The Morgan fingerprint density at radius 3 is 2.83 bits per heavy atom. The molecule has 1 aliphatic heterocycles. The predicted octanol–water partition coefficient (Wildman–Crippen LogP) is -0.212.